The molecule has 0 saturated carbocycles. The zero-order chi connectivity index (χ0) is 9.84. The van der Waals surface area contributed by atoms with Crippen molar-refractivity contribution in [3.05, 3.63) is 17.8 Å². The summed E-state index contributed by atoms with van der Waals surface area (Å²) in [5, 5.41) is 2.75. The first kappa shape index (κ1) is 9.31. The van der Waals surface area contributed by atoms with Gasteiger partial charge in [-0.2, -0.15) is 0 Å². The molecule has 0 aliphatic rings. The van der Waals surface area contributed by atoms with Gasteiger partial charge in [0.15, 0.2) is 0 Å². The Balaban J connectivity index is 2.68. The highest BCUT2D eigenvalue weighted by Crippen LogP contribution is 2.12. The van der Waals surface area contributed by atoms with Gasteiger partial charge < -0.3 is 16.8 Å². The number of nitrogen functional groups attached to an aromatic ring is 1. The number of carbonyl (C=O) groups excluding carboxylic acids is 1. The van der Waals surface area contributed by atoms with Gasteiger partial charge in [0, 0.05) is 18.0 Å². The Morgan fingerprint density at radius 3 is 2.92 bits per heavy atom. The van der Waals surface area contributed by atoms with Crippen molar-refractivity contribution in [3.63, 3.8) is 0 Å². The SMILES string of the molecule is Cc1cnc(NCC(N)=O)cc1N. The molecule has 1 rings (SSSR count). The third-order valence-electron chi connectivity index (χ3n) is 1.59. The monoisotopic (exact) mass is 180 g/mol. The fraction of sp³-hybridized carbons (Fsp3) is 0.250. The second kappa shape index (κ2) is 3.75. The predicted molar refractivity (Wildman–Crippen MR) is 51.1 cm³/mol. The van der Waals surface area contributed by atoms with E-state index < -0.39 is 5.91 Å². The number of primary amides is 1. The molecular formula is C8H12N4O. The molecule has 0 aliphatic carbocycles. The van der Waals surface area contributed by atoms with Crippen LogP contribution in [0.25, 0.3) is 0 Å². The summed E-state index contributed by atoms with van der Waals surface area (Å²) in [6, 6.07) is 1.66. The van der Waals surface area contributed by atoms with Gasteiger partial charge in [-0.05, 0) is 12.5 Å². The van der Waals surface area contributed by atoms with Crippen LogP contribution in [0, 0.1) is 6.92 Å². The van der Waals surface area contributed by atoms with E-state index in [1.54, 1.807) is 12.3 Å². The van der Waals surface area contributed by atoms with Crippen LogP contribution in [0.15, 0.2) is 12.3 Å². The smallest absolute Gasteiger partial charge is 0.236 e. The number of anilines is 2. The van der Waals surface area contributed by atoms with Crippen LogP contribution in [-0.2, 0) is 4.79 Å². The second-order valence-electron chi connectivity index (χ2n) is 2.75. The van der Waals surface area contributed by atoms with Crippen LogP contribution >= 0.6 is 0 Å². The van der Waals surface area contributed by atoms with Gasteiger partial charge in [0.25, 0.3) is 0 Å². The molecule has 1 aromatic rings. The summed E-state index contributed by atoms with van der Waals surface area (Å²) in [6.45, 7) is 1.93. The van der Waals surface area contributed by atoms with Crippen LogP contribution in [-0.4, -0.2) is 17.4 Å². The first-order valence-electron chi connectivity index (χ1n) is 3.84. The Hall–Kier alpha value is -1.78. The Kier molecular flexibility index (Phi) is 2.69. The van der Waals surface area contributed by atoms with Gasteiger partial charge in [0.1, 0.15) is 5.82 Å². The summed E-state index contributed by atoms with van der Waals surface area (Å²) in [4.78, 5) is 14.4. The van der Waals surface area contributed by atoms with Gasteiger partial charge in [-0.15, -0.1) is 0 Å². The van der Waals surface area contributed by atoms with Crippen molar-refractivity contribution in [1.82, 2.24) is 4.98 Å². The summed E-state index contributed by atoms with van der Waals surface area (Å²) in [7, 11) is 0. The normalized spacial score (nSPS) is 9.62. The van der Waals surface area contributed by atoms with Crippen LogP contribution in [0.5, 0.6) is 0 Å². The highest BCUT2D eigenvalue weighted by atomic mass is 16.1. The summed E-state index contributed by atoms with van der Waals surface area (Å²) >= 11 is 0. The number of rotatable bonds is 3. The second-order valence-corrected chi connectivity index (χ2v) is 2.75. The lowest BCUT2D eigenvalue weighted by atomic mass is 10.2. The zero-order valence-electron chi connectivity index (χ0n) is 7.37. The third-order valence-corrected chi connectivity index (χ3v) is 1.59. The number of hydrogen-bond donors (Lipinski definition) is 3. The van der Waals surface area contributed by atoms with E-state index in [1.165, 1.54) is 0 Å². The molecule has 0 fully saturated rings. The molecule has 0 aliphatic heterocycles. The van der Waals surface area contributed by atoms with E-state index in [1.807, 2.05) is 6.92 Å². The van der Waals surface area contributed by atoms with Gasteiger partial charge in [0.2, 0.25) is 5.91 Å². The number of amides is 1. The maximum absolute atomic E-state index is 10.4. The fourth-order valence-electron chi connectivity index (χ4n) is 0.814. The van der Waals surface area contributed by atoms with Crippen LogP contribution in [0.3, 0.4) is 0 Å². The Morgan fingerprint density at radius 2 is 2.38 bits per heavy atom. The van der Waals surface area contributed by atoms with E-state index in [0.29, 0.717) is 11.5 Å². The molecule has 0 aromatic carbocycles. The molecule has 1 aromatic heterocycles. The van der Waals surface area contributed by atoms with E-state index in [2.05, 4.69) is 10.3 Å². The lowest BCUT2D eigenvalue weighted by Gasteiger charge is -2.04. The Labute approximate surface area is 76.1 Å². The van der Waals surface area contributed by atoms with Gasteiger partial charge in [-0.1, -0.05) is 0 Å². The third kappa shape index (κ3) is 2.62. The minimum atomic E-state index is -0.430. The quantitative estimate of drug-likeness (QED) is 0.604. The molecule has 13 heavy (non-hydrogen) atoms. The summed E-state index contributed by atoms with van der Waals surface area (Å²) < 4.78 is 0. The molecule has 0 unspecified atom stereocenters. The van der Waals surface area contributed by atoms with Crippen LogP contribution < -0.4 is 16.8 Å². The molecule has 0 spiro atoms. The molecule has 1 heterocycles. The van der Waals surface area contributed by atoms with Crippen molar-refractivity contribution in [2.45, 2.75) is 6.92 Å². The van der Waals surface area contributed by atoms with Gasteiger partial charge in [-0.3, -0.25) is 4.79 Å². The maximum atomic E-state index is 10.4. The van der Waals surface area contributed by atoms with E-state index in [4.69, 9.17) is 11.5 Å². The molecular weight excluding hydrogens is 168 g/mol. The molecule has 5 N–H and O–H groups in total. The number of aromatic nitrogens is 1. The van der Waals surface area contributed by atoms with Crippen LogP contribution in [0.4, 0.5) is 11.5 Å². The van der Waals surface area contributed by atoms with Crippen molar-refractivity contribution in [2.75, 3.05) is 17.6 Å². The molecule has 1 amide bonds. The molecule has 0 radical (unpaired) electrons. The number of nitrogens with two attached hydrogens (primary N) is 2. The average Bonchev–Trinajstić information content (AvgIpc) is 2.07. The summed E-state index contributed by atoms with van der Waals surface area (Å²) in [5.41, 5.74) is 12.1. The molecule has 5 heteroatoms. The standard InChI is InChI=1S/C8H12N4O/c1-5-3-11-8(2-6(5)9)12-4-7(10)13/h2-3H,4H2,1H3,(H2,10,13)(H3,9,11,12). The zero-order valence-corrected chi connectivity index (χ0v) is 7.37. The predicted octanol–water partition coefficient (Wildman–Crippen LogP) is -0.131. The first-order valence-corrected chi connectivity index (χ1v) is 3.84. The Morgan fingerprint density at radius 1 is 1.69 bits per heavy atom. The lowest BCUT2D eigenvalue weighted by Crippen LogP contribution is -2.22. The van der Waals surface area contributed by atoms with Gasteiger partial charge >= 0.3 is 0 Å². The van der Waals surface area contributed by atoms with Gasteiger partial charge in [-0.25, -0.2) is 4.98 Å². The first-order chi connectivity index (χ1) is 6.09. The molecule has 0 saturated heterocycles. The van der Waals surface area contributed by atoms with Crippen molar-refractivity contribution in [1.29, 1.82) is 0 Å². The van der Waals surface area contributed by atoms with E-state index in [-0.39, 0.29) is 6.54 Å². The van der Waals surface area contributed by atoms with E-state index >= 15 is 0 Å². The van der Waals surface area contributed by atoms with Crippen LogP contribution in [0.1, 0.15) is 5.56 Å². The van der Waals surface area contributed by atoms with E-state index in [0.717, 1.165) is 5.56 Å². The molecule has 5 nitrogen and oxygen atoms in total. The number of carbonyl (C=O) groups is 1. The summed E-state index contributed by atoms with van der Waals surface area (Å²) in [5.74, 6) is 0.128. The minimum Gasteiger partial charge on any atom is -0.398 e. The number of nitrogens with one attached hydrogen (secondary N) is 1. The minimum absolute atomic E-state index is 0.0650. The van der Waals surface area contributed by atoms with Gasteiger partial charge in [0.05, 0.1) is 6.54 Å². The molecule has 0 bridgehead atoms. The fourth-order valence-corrected chi connectivity index (χ4v) is 0.814. The topological polar surface area (TPSA) is 94.0 Å². The van der Waals surface area contributed by atoms with Crippen molar-refractivity contribution >= 4 is 17.4 Å². The van der Waals surface area contributed by atoms with Crippen molar-refractivity contribution in [2.24, 2.45) is 5.73 Å². The number of hydrogen-bond acceptors (Lipinski definition) is 4. The Bertz CT molecular complexity index is 324. The highest BCUT2D eigenvalue weighted by molar-refractivity contribution is 5.78. The highest BCUT2D eigenvalue weighted by Gasteiger charge is 1.98. The number of pyridine rings is 1. The van der Waals surface area contributed by atoms with Crippen molar-refractivity contribution < 1.29 is 4.79 Å². The number of aryl methyl sites for hydroxylation is 1. The average molecular weight is 180 g/mol. The summed E-state index contributed by atoms with van der Waals surface area (Å²) in [6.07, 6.45) is 1.64. The van der Waals surface area contributed by atoms with Crippen LogP contribution in [0.2, 0.25) is 0 Å². The molecule has 0 atom stereocenters. The van der Waals surface area contributed by atoms with E-state index in [9.17, 15) is 4.79 Å². The number of nitrogens with zero attached hydrogens (tertiary/aromatic N) is 1. The maximum Gasteiger partial charge on any atom is 0.236 e. The molecule has 70 valence electrons. The lowest BCUT2D eigenvalue weighted by molar-refractivity contribution is -0.116. The largest absolute Gasteiger partial charge is 0.398 e. The van der Waals surface area contributed by atoms with Crippen molar-refractivity contribution in [3.8, 4) is 0 Å².